The van der Waals surface area contributed by atoms with E-state index in [2.05, 4.69) is 54.5 Å². The number of esters is 3. The van der Waals surface area contributed by atoms with E-state index in [0.717, 1.165) is 57.8 Å². The van der Waals surface area contributed by atoms with Crippen LogP contribution in [0.5, 0.6) is 0 Å². The van der Waals surface area contributed by atoms with Crippen molar-refractivity contribution in [3.8, 4) is 0 Å². The molecular weight excluding hydrogens is 961 g/mol. The fraction of sp³-hybridized carbons (Fsp3) is 0.531. The number of hydrogen-bond acceptors (Lipinski definition) is 11. The third-order valence-corrected chi connectivity index (χ3v) is 20.5. The highest BCUT2D eigenvalue weighted by molar-refractivity contribution is 5.91. The van der Waals surface area contributed by atoms with E-state index in [1.165, 1.54) is 5.57 Å². The lowest BCUT2D eigenvalue weighted by Crippen LogP contribution is -2.65. The molecule has 2 heterocycles. The van der Waals surface area contributed by atoms with Crippen molar-refractivity contribution in [1.82, 2.24) is 0 Å². The van der Waals surface area contributed by atoms with Crippen LogP contribution in [0.25, 0.3) is 0 Å². The zero-order valence-corrected chi connectivity index (χ0v) is 45.0. The largest absolute Gasteiger partial charge is 0.481 e. The molecule has 1 N–H and O–H groups in total. The topological polar surface area (TPSA) is 153 Å². The second-order valence-corrected chi connectivity index (χ2v) is 25.2. The van der Waals surface area contributed by atoms with Crippen LogP contribution in [0.1, 0.15) is 149 Å². The van der Waals surface area contributed by atoms with Gasteiger partial charge in [-0.1, -0.05) is 145 Å². The maximum absolute atomic E-state index is 14.3. The van der Waals surface area contributed by atoms with Crippen molar-refractivity contribution in [3.63, 3.8) is 0 Å². The Morgan fingerprint density at radius 1 is 0.618 bits per heavy atom. The molecular formula is C64H74O12. The summed E-state index contributed by atoms with van der Waals surface area (Å²) >= 11 is 0. The molecule has 4 aromatic carbocycles. The second kappa shape index (κ2) is 19.4. The first-order valence-corrected chi connectivity index (χ1v) is 27.7. The first kappa shape index (κ1) is 52.4. The molecule has 6 fully saturated rings. The molecule has 0 aromatic heterocycles. The summed E-state index contributed by atoms with van der Waals surface area (Å²) in [5, 5.41) is 10.9. The minimum Gasteiger partial charge on any atom is -0.481 e. The van der Waals surface area contributed by atoms with Crippen LogP contribution in [-0.4, -0.2) is 72.4 Å². The predicted molar refractivity (Wildman–Crippen MR) is 282 cm³/mol. The molecule has 12 heteroatoms. The number of carboxylic acids is 1. The SMILES string of the molecule is CC1(C)CC[C@]2(C(=O)O)CC[C@]3(C)C(=CC[C@@H]4[C@@]5(C)CC[C@H](OC6(c7ccccc7)O[C@H]7O[C@H](COC(=O)c8ccccc8)[C@@H](OC(=O)c8ccccc8)[C@H](OC(=O)c8ccccc8)[C@H]7O6)C(C)(C)[C@@H]5CC[C@]43C)[C@@H]2C1. The Labute approximate surface area is 447 Å². The minimum absolute atomic E-state index is 0.0347. The van der Waals surface area contributed by atoms with Crippen molar-refractivity contribution >= 4 is 23.9 Å². The molecule has 0 amide bonds. The van der Waals surface area contributed by atoms with Crippen LogP contribution in [0.15, 0.2) is 133 Å². The van der Waals surface area contributed by atoms with Gasteiger partial charge in [-0.05, 0) is 145 Å². The lowest BCUT2D eigenvalue weighted by Gasteiger charge is -2.71. The van der Waals surface area contributed by atoms with Crippen molar-refractivity contribution in [2.24, 2.45) is 50.2 Å². The highest BCUT2D eigenvalue weighted by Gasteiger charge is 2.71. The molecule has 5 aliphatic carbocycles. The Hall–Kier alpha value is -5.66. The Morgan fingerprint density at radius 3 is 1.79 bits per heavy atom. The van der Waals surface area contributed by atoms with Crippen LogP contribution in [-0.2, 0) is 43.9 Å². The normalized spacial score (nSPS) is 37.8. The van der Waals surface area contributed by atoms with Gasteiger partial charge in [0.2, 0.25) is 0 Å². The van der Waals surface area contributed by atoms with Gasteiger partial charge in [0.15, 0.2) is 24.6 Å². The molecule has 7 aliphatic rings. The smallest absolute Gasteiger partial charge is 0.338 e. The molecule has 76 heavy (non-hydrogen) atoms. The number of carbonyl (C=O) groups excluding carboxylic acids is 3. The Bertz CT molecular complexity index is 2850. The van der Waals surface area contributed by atoms with E-state index in [4.69, 9.17) is 33.2 Å². The summed E-state index contributed by atoms with van der Waals surface area (Å²) in [6, 6.07) is 35.0. The van der Waals surface area contributed by atoms with E-state index in [-0.39, 0.29) is 44.6 Å². The average molecular weight is 1040 g/mol. The fourth-order valence-corrected chi connectivity index (χ4v) is 16.1. The molecule has 4 aromatic rings. The minimum atomic E-state index is -1.89. The number of fused-ring (bicyclic) bond motifs is 8. The summed E-state index contributed by atoms with van der Waals surface area (Å²) in [7, 11) is 0. The van der Waals surface area contributed by atoms with Gasteiger partial charge in [-0.15, -0.1) is 0 Å². The van der Waals surface area contributed by atoms with E-state index in [1.807, 2.05) is 30.3 Å². The number of benzene rings is 4. The second-order valence-electron chi connectivity index (χ2n) is 25.2. The summed E-state index contributed by atoms with van der Waals surface area (Å²) in [5.74, 6) is -3.89. The standard InChI is InChI=1S/C64H74O12/c1-58(2)34-36-63(57(68)69)37-35-61(6)44(45(63)38-58)28-29-48-60(5)32-31-49(59(3,4)47(60)30-33-62(48,61)7)74-64(43-26-18-11-19-27-43)75-52-51(73-55(67)42-24-16-10-17-25-42)50(72-54(66)41-22-14-9-15-23-41)46(71-56(52)76-64)39-70-53(65)40-20-12-8-13-21-40/h8-28,45-52,56H,29-39H2,1-7H3,(H,68,69)/t45-,46+,47-,48+,49-,50+,51-,52+,56+,60-,61+,62+,63-,64?/m0/s1. The van der Waals surface area contributed by atoms with Gasteiger partial charge in [0, 0.05) is 5.56 Å². The maximum Gasteiger partial charge on any atom is 0.338 e. The Kier molecular flexibility index (Phi) is 13.3. The highest BCUT2D eigenvalue weighted by atomic mass is 16.9. The summed E-state index contributed by atoms with van der Waals surface area (Å²) < 4.78 is 47.1. The van der Waals surface area contributed by atoms with Crippen LogP contribution < -0.4 is 0 Å². The molecule has 14 atom stereocenters. The van der Waals surface area contributed by atoms with Gasteiger partial charge in [0.25, 0.3) is 0 Å². The van der Waals surface area contributed by atoms with E-state index < -0.39 is 84.1 Å². The van der Waals surface area contributed by atoms with Crippen molar-refractivity contribution in [2.75, 3.05) is 6.61 Å². The van der Waals surface area contributed by atoms with E-state index in [0.29, 0.717) is 23.5 Å². The monoisotopic (exact) mass is 1030 g/mol. The lowest BCUT2D eigenvalue weighted by molar-refractivity contribution is -0.399. The van der Waals surface area contributed by atoms with E-state index in [1.54, 1.807) is 91.0 Å². The van der Waals surface area contributed by atoms with Gasteiger partial charge in [-0.25, -0.2) is 14.4 Å². The van der Waals surface area contributed by atoms with E-state index >= 15 is 0 Å². The maximum atomic E-state index is 14.3. The van der Waals surface area contributed by atoms with Crippen LogP contribution in [0.2, 0.25) is 0 Å². The van der Waals surface area contributed by atoms with Gasteiger partial charge in [-0.3, -0.25) is 9.53 Å². The molecule has 0 spiro atoms. The van der Waals surface area contributed by atoms with Crippen molar-refractivity contribution < 1.29 is 57.4 Å². The number of carboxylic acid groups (broad SMARTS) is 1. The number of hydrogen-bond donors (Lipinski definition) is 1. The molecule has 402 valence electrons. The number of ether oxygens (including phenoxy) is 7. The first-order valence-electron chi connectivity index (χ1n) is 27.7. The Morgan fingerprint density at radius 2 is 1.18 bits per heavy atom. The van der Waals surface area contributed by atoms with Gasteiger partial charge in [-0.2, -0.15) is 0 Å². The van der Waals surface area contributed by atoms with Crippen molar-refractivity contribution in [1.29, 1.82) is 0 Å². The summed E-state index contributed by atoms with van der Waals surface area (Å²) in [6.45, 7) is 16.4. The molecule has 1 unspecified atom stereocenters. The summed E-state index contributed by atoms with van der Waals surface area (Å²) in [5.41, 5.74) is 1.55. The summed E-state index contributed by atoms with van der Waals surface area (Å²) in [4.78, 5) is 55.2. The zero-order valence-electron chi connectivity index (χ0n) is 45.0. The van der Waals surface area contributed by atoms with E-state index in [9.17, 15) is 24.3 Å². The number of rotatable bonds is 11. The summed E-state index contributed by atoms with van der Waals surface area (Å²) in [6.07, 6.45) is 4.43. The van der Waals surface area contributed by atoms with Crippen LogP contribution in [0.3, 0.4) is 0 Å². The molecule has 2 saturated heterocycles. The molecule has 2 aliphatic heterocycles. The first-order chi connectivity index (χ1) is 36.2. The van der Waals surface area contributed by atoms with Gasteiger partial charge >= 0.3 is 29.9 Å². The van der Waals surface area contributed by atoms with Crippen LogP contribution in [0, 0.1) is 50.2 Å². The molecule has 12 nitrogen and oxygen atoms in total. The number of carbonyl (C=O) groups is 4. The number of aliphatic carboxylic acids is 1. The third kappa shape index (κ3) is 8.64. The molecule has 0 radical (unpaired) electrons. The quantitative estimate of drug-likeness (QED) is 0.0864. The van der Waals surface area contributed by atoms with Gasteiger partial charge < -0.3 is 33.5 Å². The van der Waals surface area contributed by atoms with Crippen molar-refractivity contribution in [2.45, 2.75) is 155 Å². The lowest BCUT2D eigenvalue weighted by atomic mass is 9.33. The van der Waals surface area contributed by atoms with Crippen LogP contribution >= 0.6 is 0 Å². The molecule has 0 bridgehead atoms. The highest BCUT2D eigenvalue weighted by Crippen LogP contribution is 2.76. The Balaban J connectivity index is 0.923. The number of allylic oxidation sites excluding steroid dienone is 2. The van der Waals surface area contributed by atoms with Gasteiger partial charge in [0.05, 0.1) is 28.2 Å². The fourth-order valence-electron chi connectivity index (χ4n) is 16.1. The average Bonchev–Trinajstić information content (AvgIpc) is 3.80. The third-order valence-electron chi connectivity index (χ3n) is 20.5. The van der Waals surface area contributed by atoms with Crippen molar-refractivity contribution in [3.05, 3.63) is 155 Å². The molecule has 4 saturated carbocycles. The predicted octanol–water partition coefficient (Wildman–Crippen LogP) is 12.5. The zero-order chi connectivity index (χ0) is 53.5. The molecule has 11 rings (SSSR count). The van der Waals surface area contributed by atoms with Gasteiger partial charge in [0.1, 0.15) is 12.7 Å². The van der Waals surface area contributed by atoms with Crippen LogP contribution in [0.4, 0.5) is 0 Å².